The minimum Gasteiger partial charge on any atom is -0.396 e. The van der Waals surface area contributed by atoms with Crippen molar-refractivity contribution in [3.05, 3.63) is 59.7 Å². The van der Waals surface area contributed by atoms with Gasteiger partial charge in [-0.2, -0.15) is 0 Å². The predicted octanol–water partition coefficient (Wildman–Crippen LogP) is 2.47. The molecule has 0 aliphatic rings. The Labute approximate surface area is 117 Å². The first-order valence-corrected chi connectivity index (χ1v) is 6.36. The number of hydrogen-bond acceptors (Lipinski definition) is 3. The van der Waals surface area contributed by atoms with Crippen LogP contribution in [0, 0.1) is 5.82 Å². The largest absolute Gasteiger partial charge is 0.396 e. The van der Waals surface area contributed by atoms with Gasteiger partial charge in [0.25, 0.3) is 5.91 Å². The highest BCUT2D eigenvalue weighted by Gasteiger charge is 2.18. The molecule has 2 rings (SSSR count). The zero-order valence-corrected chi connectivity index (χ0v) is 11.2. The highest BCUT2D eigenvalue weighted by atomic mass is 19.1. The SMILES string of the molecule is CCN(Cc1ccccn1)C(=O)c1cccc(F)c1N. The molecule has 2 aromatic rings. The minimum absolute atomic E-state index is 0.114. The van der Waals surface area contributed by atoms with Crippen molar-refractivity contribution in [1.29, 1.82) is 0 Å². The molecular formula is C15H16FN3O. The number of pyridine rings is 1. The third-order valence-corrected chi connectivity index (χ3v) is 3.03. The molecule has 0 saturated carbocycles. The molecule has 4 nitrogen and oxygen atoms in total. The van der Waals surface area contributed by atoms with Gasteiger partial charge in [-0.3, -0.25) is 9.78 Å². The standard InChI is InChI=1S/C15H16FN3O/c1-2-19(10-11-6-3-4-9-18-11)15(20)12-7-5-8-13(16)14(12)17/h3-9H,2,10,17H2,1H3. The summed E-state index contributed by atoms with van der Waals surface area (Å²) in [5.74, 6) is -0.875. The average Bonchev–Trinajstić information content (AvgIpc) is 2.48. The van der Waals surface area contributed by atoms with E-state index in [9.17, 15) is 9.18 Å². The van der Waals surface area contributed by atoms with Crippen molar-refractivity contribution in [2.75, 3.05) is 12.3 Å². The number of aromatic nitrogens is 1. The molecule has 5 heteroatoms. The molecule has 0 bridgehead atoms. The third-order valence-electron chi connectivity index (χ3n) is 3.03. The molecule has 1 aromatic heterocycles. The van der Waals surface area contributed by atoms with Crippen LogP contribution in [0.25, 0.3) is 0 Å². The molecule has 0 fully saturated rings. The second-order valence-corrected chi connectivity index (χ2v) is 4.34. The number of benzene rings is 1. The van der Waals surface area contributed by atoms with Crippen LogP contribution in [0.5, 0.6) is 0 Å². The summed E-state index contributed by atoms with van der Waals surface area (Å²) >= 11 is 0. The lowest BCUT2D eigenvalue weighted by Crippen LogP contribution is -2.31. The van der Waals surface area contributed by atoms with Crippen LogP contribution < -0.4 is 5.73 Å². The number of para-hydroxylation sites is 1. The minimum atomic E-state index is -0.579. The number of carbonyl (C=O) groups excluding carboxylic acids is 1. The number of carbonyl (C=O) groups is 1. The summed E-state index contributed by atoms with van der Waals surface area (Å²) in [4.78, 5) is 18.2. The second-order valence-electron chi connectivity index (χ2n) is 4.34. The van der Waals surface area contributed by atoms with Gasteiger partial charge in [-0.05, 0) is 31.2 Å². The Hall–Kier alpha value is -2.43. The number of amides is 1. The average molecular weight is 273 g/mol. The normalized spacial score (nSPS) is 10.3. The summed E-state index contributed by atoms with van der Waals surface area (Å²) < 4.78 is 13.4. The molecule has 1 heterocycles. The molecule has 104 valence electrons. The van der Waals surface area contributed by atoms with Crippen molar-refractivity contribution >= 4 is 11.6 Å². The van der Waals surface area contributed by atoms with Crippen molar-refractivity contribution < 1.29 is 9.18 Å². The molecule has 0 aliphatic heterocycles. The molecule has 20 heavy (non-hydrogen) atoms. The smallest absolute Gasteiger partial charge is 0.256 e. The van der Waals surface area contributed by atoms with Gasteiger partial charge in [0.05, 0.1) is 23.5 Å². The van der Waals surface area contributed by atoms with E-state index < -0.39 is 5.82 Å². The van der Waals surface area contributed by atoms with Gasteiger partial charge in [0.2, 0.25) is 0 Å². The van der Waals surface area contributed by atoms with Crippen molar-refractivity contribution in [2.24, 2.45) is 0 Å². The first-order valence-electron chi connectivity index (χ1n) is 6.36. The van der Waals surface area contributed by atoms with Gasteiger partial charge >= 0.3 is 0 Å². The van der Waals surface area contributed by atoms with Gasteiger partial charge in [-0.1, -0.05) is 12.1 Å². The van der Waals surface area contributed by atoms with Crippen LogP contribution in [0.15, 0.2) is 42.6 Å². The zero-order chi connectivity index (χ0) is 14.5. The van der Waals surface area contributed by atoms with E-state index in [4.69, 9.17) is 5.73 Å². The molecule has 0 saturated heterocycles. The Kier molecular flexibility index (Phi) is 4.30. The molecule has 1 aromatic carbocycles. The molecule has 0 atom stereocenters. The molecule has 0 unspecified atom stereocenters. The van der Waals surface area contributed by atoms with Crippen LogP contribution in [0.3, 0.4) is 0 Å². The highest BCUT2D eigenvalue weighted by molar-refractivity contribution is 5.99. The maximum Gasteiger partial charge on any atom is 0.256 e. The number of hydrogen-bond donors (Lipinski definition) is 1. The van der Waals surface area contributed by atoms with Gasteiger partial charge in [-0.15, -0.1) is 0 Å². The number of nitrogen functional groups attached to an aromatic ring is 1. The first kappa shape index (κ1) is 14.0. The van der Waals surface area contributed by atoms with E-state index in [0.717, 1.165) is 5.69 Å². The fraction of sp³-hybridized carbons (Fsp3) is 0.200. The Balaban J connectivity index is 2.23. The quantitative estimate of drug-likeness (QED) is 0.870. The van der Waals surface area contributed by atoms with E-state index in [0.29, 0.717) is 13.1 Å². The number of anilines is 1. The van der Waals surface area contributed by atoms with Crippen LogP contribution in [0.4, 0.5) is 10.1 Å². The first-order chi connectivity index (χ1) is 9.63. The molecule has 0 radical (unpaired) electrons. The van der Waals surface area contributed by atoms with Crippen molar-refractivity contribution in [1.82, 2.24) is 9.88 Å². The Morgan fingerprint density at radius 1 is 1.30 bits per heavy atom. The van der Waals surface area contributed by atoms with E-state index in [2.05, 4.69) is 4.98 Å². The fourth-order valence-corrected chi connectivity index (χ4v) is 1.91. The fourth-order valence-electron chi connectivity index (χ4n) is 1.91. The highest BCUT2D eigenvalue weighted by Crippen LogP contribution is 2.18. The predicted molar refractivity (Wildman–Crippen MR) is 75.5 cm³/mol. The van der Waals surface area contributed by atoms with E-state index in [-0.39, 0.29) is 17.2 Å². The maximum absolute atomic E-state index is 13.4. The maximum atomic E-state index is 13.4. The van der Waals surface area contributed by atoms with Gasteiger partial charge in [0, 0.05) is 12.7 Å². The molecule has 2 N–H and O–H groups in total. The van der Waals surface area contributed by atoms with Gasteiger partial charge in [0.15, 0.2) is 0 Å². The monoisotopic (exact) mass is 273 g/mol. The molecule has 0 spiro atoms. The Bertz CT molecular complexity index is 601. The molecular weight excluding hydrogens is 257 g/mol. The summed E-state index contributed by atoms with van der Waals surface area (Å²) in [5.41, 5.74) is 6.48. The summed E-state index contributed by atoms with van der Waals surface area (Å²) in [6.07, 6.45) is 1.67. The third kappa shape index (κ3) is 2.93. The zero-order valence-electron chi connectivity index (χ0n) is 11.2. The lowest BCUT2D eigenvalue weighted by atomic mass is 10.1. The van der Waals surface area contributed by atoms with E-state index in [1.54, 1.807) is 11.1 Å². The molecule has 1 amide bonds. The number of halogens is 1. The molecule has 0 aliphatic carbocycles. The Morgan fingerprint density at radius 3 is 2.75 bits per heavy atom. The number of nitrogens with two attached hydrogens (primary N) is 1. The van der Waals surface area contributed by atoms with Crippen molar-refractivity contribution in [3.8, 4) is 0 Å². The lowest BCUT2D eigenvalue weighted by molar-refractivity contribution is 0.0751. The van der Waals surface area contributed by atoms with E-state index in [1.807, 2.05) is 25.1 Å². The van der Waals surface area contributed by atoms with E-state index >= 15 is 0 Å². The topological polar surface area (TPSA) is 59.2 Å². The lowest BCUT2D eigenvalue weighted by Gasteiger charge is -2.21. The van der Waals surface area contributed by atoms with Crippen LogP contribution in [-0.4, -0.2) is 22.3 Å². The van der Waals surface area contributed by atoms with Crippen LogP contribution in [0.2, 0.25) is 0 Å². The second kappa shape index (κ2) is 6.14. The van der Waals surface area contributed by atoms with Crippen LogP contribution in [0.1, 0.15) is 23.0 Å². The van der Waals surface area contributed by atoms with Gasteiger partial charge in [0.1, 0.15) is 5.82 Å². The van der Waals surface area contributed by atoms with Gasteiger partial charge in [-0.25, -0.2) is 4.39 Å². The number of rotatable bonds is 4. The summed E-state index contributed by atoms with van der Waals surface area (Å²) in [5, 5.41) is 0. The summed E-state index contributed by atoms with van der Waals surface area (Å²) in [6, 6.07) is 9.75. The number of nitrogens with zero attached hydrogens (tertiary/aromatic N) is 2. The van der Waals surface area contributed by atoms with E-state index in [1.165, 1.54) is 18.2 Å². The van der Waals surface area contributed by atoms with Crippen molar-refractivity contribution in [2.45, 2.75) is 13.5 Å². The summed E-state index contributed by atoms with van der Waals surface area (Å²) in [7, 11) is 0. The van der Waals surface area contributed by atoms with Gasteiger partial charge < -0.3 is 10.6 Å². The van der Waals surface area contributed by atoms with Crippen LogP contribution >= 0.6 is 0 Å². The van der Waals surface area contributed by atoms with Crippen LogP contribution in [-0.2, 0) is 6.54 Å². The Morgan fingerprint density at radius 2 is 2.10 bits per heavy atom. The van der Waals surface area contributed by atoms with Crippen molar-refractivity contribution in [3.63, 3.8) is 0 Å². The summed E-state index contributed by atoms with van der Waals surface area (Å²) in [6.45, 7) is 2.72.